The molecule has 0 aliphatic heterocycles. The van der Waals surface area contributed by atoms with Gasteiger partial charge in [0, 0.05) is 12.0 Å². The maximum Gasteiger partial charge on any atom is 0.151 e. The van der Waals surface area contributed by atoms with Gasteiger partial charge in [-0.05, 0) is 12.8 Å². The van der Waals surface area contributed by atoms with Crippen LogP contribution in [-0.4, -0.2) is 5.16 Å². The lowest BCUT2D eigenvalue weighted by Crippen LogP contribution is -2.04. The Bertz CT molecular complexity index is 266. The Labute approximate surface area is 83.2 Å². The van der Waals surface area contributed by atoms with Crippen LogP contribution in [0, 0.1) is 0 Å². The predicted molar refractivity (Wildman–Crippen MR) is 51.9 cm³/mol. The SMILES string of the molecule is ClCc1cc(C2CCCCC2)no1. The third-order valence-corrected chi connectivity index (χ3v) is 3.00. The standard InChI is InChI=1S/C10H14ClNO/c11-7-9-6-10(12-13-9)8-4-2-1-3-5-8/h6,8H,1-5,7H2. The number of nitrogens with zero attached hydrogens (tertiary/aromatic N) is 1. The molecule has 0 bridgehead atoms. The van der Waals surface area contributed by atoms with Gasteiger partial charge in [-0.2, -0.15) is 0 Å². The lowest BCUT2D eigenvalue weighted by molar-refractivity contribution is 0.365. The Morgan fingerprint density at radius 3 is 2.77 bits per heavy atom. The summed E-state index contributed by atoms with van der Waals surface area (Å²) in [6.45, 7) is 0. The zero-order valence-corrected chi connectivity index (χ0v) is 8.39. The van der Waals surface area contributed by atoms with Crippen molar-refractivity contribution in [2.24, 2.45) is 0 Å². The smallest absolute Gasteiger partial charge is 0.151 e. The molecular formula is C10H14ClNO. The summed E-state index contributed by atoms with van der Waals surface area (Å²) in [6, 6.07) is 2.00. The van der Waals surface area contributed by atoms with Gasteiger partial charge in [0.1, 0.15) is 0 Å². The van der Waals surface area contributed by atoms with Crippen LogP contribution in [0.3, 0.4) is 0 Å². The highest BCUT2D eigenvalue weighted by Gasteiger charge is 2.18. The maximum atomic E-state index is 5.65. The highest BCUT2D eigenvalue weighted by atomic mass is 35.5. The summed E-state index contributed by atoms with van der Waals surface area (Å²) in [7, 11) is 0. The van der Waals surface area contributed by atoms with Crippen molar-refractivity contribution in [2.75, 3.05) is 0 Å². The molecule has 1 aliphatic rings. The normalized spacial score (nSPS) is 19.2. The van der Waals surface area contributed by atoms with Gasteiger partial charge in [-0.25, -0.2) is 0 Å². The largest absolute Gasteiger partial charge is 0.360 e. The zero-order chi connectivity index (χ0) is 9.10. The van der Waals surface area contributed by atoms with E-state index < -0.39 is 0 Å². The quantitative estimate of drug-likeness (QED) is 0.682. The molecule has 2 rings (SSSR count). The van der Waals surface area contributed by atoms with Crippen LogP contribution in [0.4, 0.5) is 0 Å². The Hall–Kier alpha value is -0.500. The first-order chi connectivity index (χ1) is 6.40. The minimum Gasteiger partial charge on any atom is -0.360 e. The molecule has 0 atom stereocenters. The van der Waals surface area contributed by atoms with Crippen LogP contribution in [0.1, 0.15) is 49.5 Å². The molecule has 1 aromatic heterocycles. The van der Waals surface area contributed by atoms with E-state index in [1.165, 1.54) is 32.1 Å². The fourth-order valence-electron chi connectivity index (χ4n) is 1.98. The van der Waals surface area contributed by atoms with Gasteiger partial charge in [-0.3, -0.25) is 0 Å². The summed E-state index contributed by atoms with van der Waals surface area (Å²) in [5.41, 5.74) is 1.11. The Morgan fingerprint density at radius 2 is 2.15 bits per heavy atom. The minimum absolute atomic E-state index is 0.430. The monoisotopic (exact) mass is 199 g/mol. The van der Waals surface area contributed by atoms with Crippen LogP contribution in [0.15, 0.2) is 10.6 Å². The van der Waals surface area contributed by atoms with E-state index in [0.29, 0.717) is 11.8 Å². The Morgan fingerprint density at radius 1 is 1.38 bits per heavy atom. The van der Waals surface area contributed by atoms with E-state index in [4.69, 9.17) is 16.1 Å². The van der Waals surface area contributed by atoms with Gasteiger partial charge in [-0.1, -0.05) is 24.4 Å². The summed E-state index contributed by atoms with van der Waals surface area (Å²) in [5, 5.41) is 4.05. The molecule has 1 aromatic rings. The molecule has 0 unspecified atom stereocenters. The summed E-state index contributed by atoms with van der Waals surface area (Å²) < 4.78 is 5.09. The summed E-state index contributed by atoms with van der Waals surface area (Å²) >= 11 is 5.65. The number of halogens is 1. The molecule has 13 heavy (non-hydrogen) atoms. The molecule has 0 spiro atoms. The number of hydrogen-bond acceptors (Lipinski definition) is 2. The molecular weight excluding hydrogens is 186 g/mol. The lowest BCUT2D eigenvalue weighted by atomic mass is 9.87. The molecule has 1 saturated carbocycles. The van der Waals surface area contributed by atoms with Crippen molar-refractivity contribution in [3.8, 4) is 0 Å². The van der Waals surface area contributed by atoms with E-state index in [1.54, 1.807) is 0 Å². The van der Waals surface area contributed by atoms with Crippen LogP contribution in [-0.2, 0) is 5.88 Å². The first-order valence-electron chi connectivity index (χ1n) is 4.91. The van der Waals surface area contributed by atoms with E-state index in [9.17, 15) is 0 Å². The van der Waals surface area contributed by atoms with Crippen LogP contribution >= 0.6 is 11.6 Å². The second-order valence-electron chi connectivity index (χ2n) is 3.69. The van der Waals surface area contributed by atoms with Gasteiger partial charge in [-0.15, -0.1) is 11.6 Å². The summed E-state index contributed by atoms with van der Waals surface area (Å²) in [4.78, 5) is 0. The van der Waals surface area contributed by atoms with Gasteiger partial charge >= 0.3 is 0 Å². The zero-order valence-electron chi connectivity index (χ0n) is 7.63. The second kappa shape index (κ2) is 4.14. The van der Waals surface area contributed by atoms with E-state index in [0.717, 1.165) is 11.5 Å². The van der Waals surface area contributed by atoms with Gasteiger partial charge < -0.3 is 4.52 Å². The molecule has 3 heteroatoms. The summed E-state index contributed by atoms with van der Waals surface area (Å²) in [6.07, 6.45) is 6.54. The van der Waals surface area contributed by atoms with Gasteiger partial charge in [0.05, 0.1) is 11.6 Å². The lowest BCUT2D eigenvalue weighted by Gasteiger charge is -2.18. The fourth-order valence-corrected chi connectivity index (χ4v) is 2.11. The molecule has 1 aliphatic carbocycles. The van der Waals surface area contributed by atoms with Crippen molar-refractivity contribution >= 4 is 11.6 Å². The Kier molecular flexibility index (Phi) is 2.89. The molecule has 0 aromatic carbocycles. The topological polar surface area (TPSA) is 26.0 Å². The third-order valence-electron chi connectivity index (χ3n) is 2.73. The van der Waals surface area contributed by atoms with Crippen molar-refractivity contribution in [1.82, 2.24) is 5.16 Å². The van der Waals surface area contributed by atoms with Crippen LogP contribution < -0.4 is 0 Å². The summed E-state index contributed by atoms with van der Waals surface area (Å²) in [5.74, 6) is 1.84. The molecule has 72 valence electrons. The number of aromatic nitrogens is 1. The van der Waals surface area contributed by atoms with Gasteiger partial charge in [0.15, 0.2) is 5.76 Å². The average Bonchev–Trinajstić information content (AvgIpc) is 2.67. The molecule has 0 saturated heterocycles. The Balaban J connectivity index is 2.05. The third kappa shape index (κ3) is 2.05. The van der Waals surface area contributed by atoms with E-state index >= 15 is 0 Å². The predicted octanol–water partition coefficient (Wildman–Crippen LogP) is 3.46. The molecule has 1 heterocycles. The average molecular weight is 200 g/mol. The maximum absolute atomic E-state index is 5.65. The number of hydrogen-bond donors (Lipinski definition) is 0. The minimum atomic E-state index is 0.430. The molecule has 0 amide bonds. The van der Waals surface area contributed by atoms with Gasteiger partial charge in [0.25, 0.3) is 0 Å². The van der Waals surface area contributed by atoms with Crippen molar-refractivity contribution in [1.29, 1.82) is 0 Å². The second-order valence-corrected chi connectivity index (χ2v) is 3.95. The highest BCUT2D eigenvalue weighted by molar-refractivity contribution is 6.16. The van der Waals surface area contributed by atoms with Crippen molar-refractivity contribution in [3.05, 3.63) is 17.5 Å². The molecule has 2 nitrogen and oxygen atoms in total. The van der Waals surface area contributed by atoms with Crippen molar-refractivity contribution < 1.29 is 4.52 Å². The first-order valence-corrected chi connectivity index (χ1v) is 5.45. The van der Waals surface area contributed by atoms with E-state index in [2.05, 4.69) is 5.16 Å². The highest BCUT2D eigenvalue weighted by Crippen LogP contribution is 2.32. The molecule has 1 fully saturated rings. The van der Waals surface area contributed by atoms with Crippen LogP contribution in [0.5, 0.6) is 0 Å². The van der Waals surface area contributed by atoms with Crippen LogP contribution in [0.2, 0.25) is 0 Å². The first kappa shape index (κ1) is 9.07. The van der Waals surface area contributed by atoms with E-state index in [1.807, 2.05) is 6.07 Å². The van der Waals surface area contributed by atoms with Gasteiger partial charge in [0.2, 0.25) is 0 Å². The van der Waals surface area contributed by atoms with Crippen LogP contribution in [0.25, 0.3) is 0 Å². The number of alkyl halides is 1. The number of rotatable bonds is 2. The molecule has 0 radical (unpaired) electrons. The van der Waals surface area contributed by atoms with E-state index in [-0.39, 0.29) is 0 Å². The fraction of sp³-hybridized carbons (Fsp3) is 0.700. The molecule has 0 N–H and O–H groups in total. The van der Waals surface area contributed by atoms with Crippen molar-refractivity contribution in [3.63, 3.8) is 0 Å². The van der Waals surface area contributed by atoms with Crippen molar-refractivity contribution in [2.45, 2.75) is 43.9 Å².